The van der Waals surface area contributed by atoms with E-state index in [1.807, 2.05) is 35.8 Å². The summed E-state index contributed by atoms with van der Waals surface area (Å²) in [5.74, 6) is 0.911. The van der Waals surface area contributed by atoms with Crippen LogP contribution in [0.1, 0.15) is 54.5 Å². The lowest BCUT2D eigenvalue weighted by molar-refractivity contribution is -0.126. The van der Waals surface area contributed by atoms with E-state index in [-0.39, 0.29) is 18.0 Å². The predicted molar refractivity (Wildman–Crippen MR) is 131 cm³/mol. The van der Waals surface area contributed by atoms with Crippen LogP contribution in [0.15, 0.2) is 24.8 Å². The molecule has 0 aromatic carbocycles. The summed E-state index contributed by atoms with van der Waals surface area (Å²) in [6.07, 6.45) is 7.81. The second-order valence-electron chi connectivity index (χ2n) is 9.70. The summed E-state index contributed by atoms with van der Waals surface area (Å²) in [7, 11) is 1.92. The molecule has 6 rings (SSSR count). The lowest BCUT2D eigenvalue weighted by Crippen LogP contribution is -2.42. The van der Waals surface area contributed by atoms with Gasteiger partial charge in [-0.2, -0.15) is 10.2 Å². The van der Waals surface area contributed by atoms with E-state index >= 15 is 0 Å². The molecule has 10 heteroatoms. The van der Waals surface area contributed by atoms with Crippen LogP contribution in [0.5, 0.6) is 0 Å². The molecule has 9 nitrogen and oxygen atoms in total. The number of nitrogens with zero attached hydrogens (tertiary/aromatic N) is 7. The first kappa shape index (κ1) is 21.4. The SMILES string of the molecule is Cc1cc(-c2n[nH]c(-c3ncc(C4CCN5CC(=O)N(C)C5C4)s3)c2C(C)C)cn2ncnc12. The maximum Gasteiger partial charge on any atom is 0.237 e. The van der Waals surface area contributed by atoms with Gasteiger partial charge in [-0.15, -0.1) is 11.3 Å². The second-order valence-corrected chi connectivity index (χ2v) is 10.8. The van der Waals surface area contributed by atoms with Crippen LogP contribution in [-0.2, 0) is 4.79 Å². The lowest BCUT2D eigenvalue weighted by atomic mass is 9.94. The number of aryl methyl sites for hydroxylation is 1. The fourth-order valence-corrected chi connectivity index (χ4v) is 6.47. The number of aromatic amines is 1. The Balaban J connectivity index is 1.33. The summed E-state index contributed by atoms with van der Waals surface area (Å²) in [4.78, 5) is 26.8. The average Bonchev–Trinajstić information content (AvgIpc) is 3.59. The lowest BCUT2D eigenvalue weighted by Gasteiger charge is -2.36. The minimum absolute atomic E-state index is 0.205. The van der Waals surface area contributed by atoms with Crippen molar-refractivity contribution in [3.63, 3.8) is 0 Å². The number of thiazole rings is 1. The van der Waals surface area contributed by atoms with Crippen molar-refractivity contribution >= 4 is 22.9 Å². The predicted octanol–water partition coefficient (Wildman–Crippen LogP) is 3.65. The maximum atomic E-state index is 12.1. The third-order valence-electron chi connectivity index (χ3n) is 7.21. The van der Waals surface area contributed by atoms with Crippen LogP contribution in [-0.4, -0.2) is 71.8 Å². The van der Waals surface area contributed by atoms with Crippen molar-refractivity contribution < 1.29 is 4.79 Å². The van der Waals surface area contributed by atoms with Crippen LogP contribution < -0.4 is 0 Å². The number of carbonyl (C=O) groups excluding carboxylic acids is 1. The van der Waals surface area contributed by atoms with Crippen molar-refractivity contribution in [3.05, 3.63) is 40.8 Å². The van der Waals surface area contributed by atoms with Crippen LogP contribution in [0.25, 0.3) is 27.6 Å². The van der Waals surface area contributed by atoms with Gasteiger partial charge in [0.05, 0.1) is 24.1 Å². The van der Waals surface area contributed by atoms with E-state index in [1.165, 1.54) is 4.88 Å². The van der Waals surface area contributed by atoms with Gasteiger partial charge in [0.25, 0.3) is 0 Å². The van der Waals surface area contributed by atoms with Gasteiger partial charge in [0.15, 0.2) is 5.65 Å². The van der Waals surface area contributed by atoms with Crippen molar-refractivity contribution in [1.29, 1.82) is 0 Å². The van der Waals surface area contributed by atoms with Crippen molar-refractivity contribution in [3.8, 4) is 22.0 Å². The summed E-state index contributed by atoms with van der Waals surface area (Å²) < 4.78 is 1.81. The molecule has 0 radical (unpaired) electrons. The number of pyridine rings is 1. The van der Waals surface area contributed by atoms with Crippen molar-refractivity contribution in [2.75, 3.05) is 20.1 Å². The maximum absolute atomic E-state index is 12.1. The first-order valence-corrected chi connectivity index (χ1v) is 12.6. The van der Waals surface area contributed by atoms with E-state index in [2.05, 4.69) is 40.0 Å². The zero-order valence-electron chi connectivity index (χ0n) is 19.8. The fourth-order valence-electron chi connectivity index (χ4n) is 5.40. The number of likely N-dealkylation sites (N-methyl/N-ethyl adjacent to an activating group) is 1. The Kier molecular flexibility index (Phi) is 5.03. The number of fused-ring (bicyclic) bond motifs is 2. The summed E-state index contributed by atoms with van der Waals surface area (Å²) in [6.45, 7) is 7.93. The van der Waals surface area contributed by atoms with E-state index in [1.54, 1.807) is 17.7 Å². The summed E-state index contributed by atoms with van der Waals surface area (Å²) in [5.41, 5.74) is 6.02. The number of piperidine rings is 1. The van der Waals surface area contributed by atoms with Gasteiger partial charge in [-0.1, -0.05) is 13.8 Å². The van der Waals surface area contributed by atoms with E-state index in [4.69, 9.17) is 10.1 Å². The molecule has 176 valence electrons. The number of carbonyl (C=O) groups is 1. The molecule has 1 N–H and O–H groups in total. The van der Waals surface area contributed by atoms with Gasteiger partial charge in [-0.25, -0.2) is 14.5 Å². The highest BCUT2D eigenvalue weighted by Crippen LogP contribution is 2.41. The van der Waals surface area contributed by atoms with Gasteiger partial charge >= 0.3 is 0 Å². The molecule has 6 heterocycles. The zero-order chi connectivity index (χ0) is 23.6. The minimum atomic E-state index is 0.205. The third kappa shape index (κ3) is 3.35. The number of aromatic nitrogens is 6. The van der Waals surface area contributed by atoms with Gasteiger partial charge in [0.1, 0.15) is 11.3 Å². The van der Waals surface area contributed by atoms with Crippen LogP contribution >= 0.6 is 11.3 Å². The Hall–Kier alpha value is -3.11. The molecular weight excluding hydrogens is 448 g/mol. The van der Waals surface area contributed by atoms with Crippen LogP contribution in [0.2, 0.25) is 0 Å². The molecule has 2 aliphatic rings. The van der Waals surface area contributed by atoms with Gasteiger partial charge in [-0.05, 0) is 43.2 Å². The first-order chi connectivity index (χ1) is 16.4. The largest absolute Gasteiger partial charge is 0.329 e. The van der Waals surface area contributed by atoms with E-state index in [9.17, 15) is 4.79 Å². The molecular formula is C24H28N8OS. The highest BCUT2D eigenvalue weighted by Gasteiger charge is 2.40. The smallest absolute Gasteiger partial charge is 0.237 e. The highest BCUT2D eigenvalue weighted by atomic mass is 32.1. The van der Waals surface area contributed by atoms with Gasteiger partial charge in [0, 0.05) is 42.0 Å². The zero-order valence-corrected chi connectivity index (χ0v) is 20.6. The number of nitrogens with one attached hydrogen (secondary N) is 1. The van der Waals surface area contributed by atoms with E-state index in [0.29, 0.717) is 12.5 Å². The molecule has 0 aliphatic carbocycles. The van der Waals surface area contributed by atoms with Gasteiger partial charge in [0.2, 0.25) is 5.91 Å². The third-order valence-corrected chi connectivity index (χ3v) is 8.39. The summed E-state index contributed by atoms with van der Waals surface area (Å²) in [6, 6.07) is 2.12. The monoisotopic (exact) mass is 476 g/mol. The summed E-state index contributed by atoms with van der Waals surface area (Å²) in [5, 5.41) is 13.3. The minimum Gasteiger partial charge on any atom is -0.329 e. The Bertz CT molecular complexity index is 1380. The van der Waals surface area contributed by atoms with Crippen molar-refractivity contribution in [2.45, 2.75) is 51.6 Å². The Morgan fingerprint density at radius 1 is 1.26 bits per heavy atom. The number of H-pyrrole nitrogens is 1. The van der Waals surface area contributed by atoms with E-state index in [0.717, 1.165) is 58.1 Å². The van der Waals surface area contributed by atoms with Crippen molar-refractivity contribution in [1.82, 2.24) is 39.6 Å². The quantitative estimate of drug-likeness (QED) is 0.483. The standard InChI is InChI=1S/C24H28N8OS/c1-13(2)20-21(16-7-14(3)23-26-12-27-32(23)10-16)28-29-22(20)24-25-9-17(34-24)15-5-6-31-11-19(33)30(4)18(31)8-15/h7,9-10,12-13,15,18H,5-6,8,11H2,1-4H3,(H,28,29). The Morgan fingerprint density at radius 2 is 2.12 bits per heavy atom. The second kappa shape index (κ2) is 7.99. The fraction of sp³-hybridized carbons (Fsp3) is 0.458. The normalized spacial score (nSPS) is 21.2. The van der Waals surface area contributed by atoms with Crippen molar-refractivity contribution in [2.24, 2.45) is 0 Å². The van der Waals surface area contributed by atoms with Gasteiger partial charge < -0.3 is 4.90 Å². The summed E-state index contributed by atoms with van der Waals surface area (Å²) >= 11 is 1.74. The number of hydrogen-bond donors (Lipinski definition) is 1. The Labute approximate surface area is 201 Å². The average molecular weight is 477 g/mol. The molecule has 2 atom stereocenters. The molecule has 2 saturated heterocycles. The molecule has 4 aromatic rings. The molecule has 0 spiro atoms. The number of amides is 1. The molecule has 2 aliphatic heterocycles. The Morgan fingerprint density at radius 3 is 2.94 bits per heavy atom. The van der Waals surface area contributed by atoms with E-state index < -0.39 is 0 Å². The molecule has 2 fully saturated rings. The number of hydrogen-bond acceptors (Lipinski definition) is 7. The topological polar surface area (TPSA) is 95.3 Å². The molecule has 0 bridgehead atoms. The highest BCUT2D eigenvalue weighted by molar-refractivity contribution is 7.15. The van der Waals surface area contributed by atoms with Gasteiger partial charge in [-0.3, -0.25) is 14.8 Å². The molecule has 4 aromatic heterocycles. The molecule has 2 unspecified atom stereocenters. The van der Waals surface area contributed by atoms with Crippen LogP contribution in [0.4, 0.5) is 0 Å². The molecule has 0 saturated carbocycles. The number of rotatable bonds is 4. The first-order valence-electron chi connectivity index (χ1n) is 11.7. The molecule has 34 heavy (non-hydrogen) atoms. The van der Waals surface area contributed by atoms with Crippen LogP contribution in [0.3, 0.4) is 0 Å². The molecule has 1 amide bonds. The van der Waals surface area contributed by atoms with Crippen LogP contribution in [0, 0.1) is 6.92 Å².